The van der Waals surface area contributed by atoms with E-state index in [1.54, 1.807) is 6.07 Å². The lowest BCUT2D eigenvalue weighted by Crippen LogP contribution is -2.61. The highest BCUT2D eigenvalue weighted by Gasteiger charge is 2.48. The van der Waals surface area contributed by atoms with Crippen LogP contribution >= 0.6 is 11.6 Å². The zero-order chi connectivity index (χ0) is 19.0. The van der Waals surface area contributed by atoms with Crippen molar-refractivity contribution in [2.24, 2.45) is 0 Å². The molecule has 4 N–H and O–H groups in total. The monoisotopic (exact) mass is 386 g/mol. The summed E-state index contributed by atoms with van der Waals surface area (Å²) in [7, 11) is 0. The Morgan fingerprint density at radius 2 is 1.88 bits per heavy atom. The number of carboxylic acid groups (broad SMARTS) is 1. The Kier molecular flexibility index (Phi) is 5.17. The summed E-state index contributed by atoms with van der Waals surface area (Å²) in [4.78, 5) is 22.7. The molecule has 140 valence electrons. The van der Waals surface area contributed by atoms with Gasteiger partial charge in [-0.25, -0.2) is 9.59 Å². The summed E-state index contributed by atoms with van der Waals surface area (Å²) < 4.78 is 15.5. The number of aliphatic hydroxyl groups is 3. The zero-order valence-corrected chi connectivity index (χ0v) is 13.9. The molecule has 5 atom stereocenters. The summed E-state index contributed by atoms with van der Waals surface area (Å²) in [6, 6.07) is 5.65. The number of aliphatic carboxylic acids is 1. The normalized spacial score (nSPS) is 28.8. The molecule has 3 rings (SSSR count). The zero-order valence-electron chi connectivity index (χ0n) is 13.1. The lowest BCUT2D eigenvalue weighted by molar-refractivity contribution is -0.271. The Labute approximate surface area is 150 Å². The fourth-order valence-corrected chi connectivity index (χ4v) is 2.90. The summed E-state index contributed by atoms with van der Waals surface area (Å²) in [5.74, 6) is -1.34. The molecule has 1 aliphatic rings. The first kappa shape index (κ1) is 18.6. The van der Waals surface area contributed by atoms with E-state index in [0.29, 0.717) is 10.9 Å². The number of hydrogen-bond donors (Lipinski definition) is 4. The maximum atomic E-state index is 11.6. The molecule has 9 nitrogen and oxygen atoms in total. The van der Waals surface area contributed by atoms with Gasteiger partial charge >= 0.3 is 11.6 Å². The first-order valence-corrected chi connectivity index (χ1v) is 8.07. The summed E-state index contributed by atoms with van der Waals surface area (Å²) in [6.07, 6.45) is -8.63. The number of benzene rings is 1. The third-order valence-electron chi connectivity index (χ3n) is 4.01. The second kappa shape index (κ2) is 7.22. The van der Waals surface area contributed by atoms with Gasteiger partial charge in [0, 0.05) is 23.4 Å². The van der Waals surface area contributed by atoms with E-state index in [4.69, 9.17) is 30.6 Å². The average Bonchev–Trinajstić information content (AvgIpc) is 2.60. The van der Waals surface area contributed by atoms with Crippen LogP contribution in [-0.4, -0.2) is 57.1 Å². The Morgan fingerprint density at radius 1 is 1.15 bits per heavy atom. The number of carboxylic acids is 1. The predicted octanol–water partition coefficient (Wildman–Crippen LogP) is -0.197. The molecule has 2 heterocycles. The Morgan fingerprint density at radius 3 is 2.54 bits per heavy atom. The van der Waals surface area contributed by atoms with E-state index in [-0.39, 0.29) is 17.2 Å². The molecule has 0 aliphatic carbocycles. The van der Waals surface area contributed by atoms with E-state index in [0.717, 1.165) is 0 Å². The number of fused-ring (bicyclic) bond motifs is 1. The van der Waals surface area contributed by atoms with Gasteiger partial charge in [0.1, 0.15) is 29.6 Å². The van der Waals surface area contributed by atoms with Crippen molar-refractivity contribution in [3.63, 3.8) is 0 Å². The van der Waals surface area contributed by atoms with Gasteiger partial charge in [0.25, 0.3) is 0 Å². The number of aliphatic hydroxyl groups excluding tert-OH is 3. The highest BCUT2D eigenvalue weighted by atomic mass is 35.5. The van der Waals surface area contributed by atoms with Gasteiger partial charge in [0.2, 0.25) is 6.29 Å². The van der Waals surface area contributed by atoms with Gasteiger partial charge in [-0.2, -0.15) is 0 Å². The molecule has 0 radical (unpaired) electrons. The number of ether oxygens (including phenoxy) is 2. The molecule has 1 aromatic heterocycles. The molecule has 0 bridgehead atoms. The fourth-order valence-electron chi connectivity index (χ4n) is 2.68. The molecule has 1 fully saturated rings. The number of rotatable bonds is 4. The summed E-state index contributed by atoms with van der Waals surface area (Å²) >= 11 is 5.80. The predicted molar refractivity (Wildman–Crippen MR) is 87.0 cm³/mol. The van der Waals surface area contributed by atoms with Crippen molar-refractivity contribution in [1.29, 1.82) is 0 Å². The first-order chi connectivity index (χ1) is 12.3. The third kappa shape index (κ3) is 3.39. The van der Waals surface area contributed by atoms with Gasteiger partial charge < -0.3 is 34.3 Å². The molecule has 26 heavy (non-hydrogen) atoms. The van der Waals surface area contributed by atoms with Gasteiger partial charge in [0.15, 0.2) is 6.10 Å². The van der Waals surface area contributed by atoms with Crippen LogP contribution in [0.4, 0.5) is 0 Å². The van der Waals surface area contributed by atoms with Crippen molar-refractivity contribution in [3.05, 3.63) is 40.2 Å². The first-order valence-electron chi connectivity index (χ1n) is 7.53. The summed E-state index contributed by atoms with van der Waals surface area (Å²) in [5.41, 5.74) is 0.123. The second-order valence-electron chi connectivity index (χ2n) is 5.74. The topological polar surface area (TPSA) is 147 Å². The van der Waals surface area contributed by atoms with Crippen LogP contribution in [0, 0.1) is 0 Å². The molecule has 1 saturated heterocycles. The van der Waals surface area contributed by atoms with E-state index < -0.39 is 42.3 Å². The van der Waals surface area contributed by atoms with Gasteiger partial charge in [0.05, 0.1) is 0 Å². The van der Waals surface area contributed by atoms with E-state index in [2.05, 4.69) is 0 Å². The lowest BCUT2D eigenvalue weighted by atomic mass is 9.99. The quantitative estimate of drug-likeness (QED) is 0.414. The van der Waals surface area contributed by atoms with Gasteiger partial charge in [-0.15, -0.1) is 11.6 Å². The fraction of sp³-hybridized carbons (Fsp3) is 0.375. The van der Waals surface area contributed by atoms with Crippen molar-refractivity contribution >= 4 is 28.5 Å². The van der Waals surface area contributed by atoms with Gasteiger partial charge in [-0.3, -0.25) is 0 Å². The molecular formula is C16H15ClO9. The molecule has 1 aliphatic heterocycles. The smallest absolute Gasteiger partial charge is 0.336 e. The van der Waals surface area contributed by atoms with E-state index in [1.165, 1.54) is 18.2 Å². The van der Waals surface area contributed by atoms with Crippen molar-refractivity contribution < 1.29 is 39.1 Å². The highest BCUT2D eigenvalue weighted by molar-refractivity contribution is 6.17. The molecule has 1 aromatic carbocycles. The largest absolute Gasteiger partial charge is 0.479 e. The van der Waals surface area contributed by atoms with Crippen molar-refractivity contribution in [2.75, 3.05) is 0 Å². The Hall–Kier alpha value is -2.17. The maximum Gasteiger partial charge on any atom is 0.336 e. The molecule has 10 heteroatoms. The molecule has 0 saturated carbocycles. The van der Waals surface area contributed by atoms with E-state index in [9.17, 15) is 24.9 Å². The number of halogens is 1. The van der Waals surface area contributed by atoms with E-state index in [1.807, 2.05) is 0 Å². The van der Waals surface area contributed by atoms with Gasteiger partial charge in [-0.1, -0.05) is 0 Å². The molecule has 5 unspecified atom stereocenters. The lowest BCUT2D eigenvalue weighted by Gasteiger charge is -2.38. The minimum absolute atomic E-state index is 0.0872. The third-order valence-corrected chi connectivity index (χ3v) is 4.30. The Bertz CT molecular complexity index is 880. The second-order valence-corrected chi connectivity index (χ2v) is 6.00. The standard InChI is InChI=1S/C16H15ClO9/c17-5-6-3-10(18)25-9-4-7(1-2-8(6)9)24-16-13(21)11(19)12(20)14(26-16)15(22)23/h1-4,11-14,16,19-21H,5H2,(H,22,23). The number of hydrogen-bond acceptors (Lipinski definition) is 8. The number of carbonyl (C=O) groups is 1. The van der Waals surface area contributed by atoms with Crippen molar-refractivity contribution in [1.82, 2.24) is 0 Å². The minimum atomic E-state index is -1.82. The van der Waals surface area contributed by atoms with Crippen LogP contribution in [-0.2, 0) is 15.4 Å². The van der Waals surface area contributed by atoms with Crippen molar-refractivity contribution in [3.8, 4) is 5.75 Å². The molecular weight excluding hydrogens is 372 g/mol. The van der Waals surface area contributed by atoms with Crippen LogP contribution < -0.4 is 10.4 Å². The van der Waals surface area contributed by atoms with Crippen LogP contribution in [0.25, 0.3) is 11.0 Å². The maximum absolute atomic E-state index is 11.6. The Balaban J connectivity index is 1.90. The molecule has 2 aromatic rings. The van der Waals surface area contributed by atoms with Crippen LogP contribution in [0.15, 0.2) is 33.5 Å². The molecule has 0 amide bonds. The molecule has 0 spiro atoms. The van der Waals surface area contributed by atoms with Crippen LogP contribution in [0.2, 0.25) is 0 Å². The van der Waals surface area contributed by atoms with Crippen molar-refractivity contribution in [2.45, 2.75) is 36.6 Å². The summed E-state index contributed by atoms with van der Waals surface area (Å²) in [6.45, 7) is 0. The number of alkyl halides is 1. The van der Waals surface area contributed by atoms with Gasteiger partial charge in [-0.05, 0) is 17.7 Å². The minimum Gasteiger partial charge on any atom is -0.479 e. The highest BCUT2D eigenvalue weighted by Crippen LogP contribution is 2.28. The average molecular weight is 387 g/mol. The summed E-state index contributed by atoms with van der Waals surface area (Å²) in [5, 5.41) is 39.0. The van der Waals surface area contributed by atoms with Crippen LogP contribution in [0.1, 0.15) is 5.56 Å². The van der Waals surface area contributed by atoms with E-state index >= 15 is 0 Å². The van der Waals surface area contributed by atoms with Crippen LogP contribution in [0.3, 0.4) is 0 Å². The van der Waals surface area contributed by atoms with Crippen LogP contribution in [0.5, 0.6) is 5.75 Å². The SMILES string of the molecule is O=C(O)C1OC(Oc2ccc3c(CCl)cc(=O)oc3c2)C(O)C(O)C1O.